The average Bonchev–Trinajstić information content (AvgIpc) is 3.38. The first-order valence-electron chi connectivity index (χ1n) is 9.16. The van der Waals surface area contributed by atoms with Gasteiger partial charge in [0, 0.05) is 18.0 Å². The largest absolute Gasteiger partial charge is 0.323 e. The van der Waals surface area contributed by atoms with E-state index in [4.69, 9.17) is 0 Å². The molecule has 0 radical (unpaired) electrons. The Morgan fingerprint density at radius 1 is 1.33 bits per heavy atom. The highest BCUT2D eigenvalue weighted by atomic mass is 16.2. The maximum atomic E-state index is 12.9. The number of aryl methyl sites for hydroxylation is 1. The van der Waals surface area contributed by atoms with E-state index in [1.165, 1.54) is 4.68 Å². The second-order valence-corrected chi connectivity index (χ2v) is 7.30. The lowest BCUT2D eigenvalue weighted by Gasteiger charge is -2.12. The molecule has 1 N–H and O–H groups in total. The van der Waals surface area contributed by atoms with E-state index in [2.05, 4.69) is 20.5 Å². The van der Waals surface area contributed by atoms with Gasteiger partial charge in [-0.05, 0) is 38.0 Å². The van der Waals surface area contributed by atoms with Crippen molar-refractivity contribution in [2.75, 3.05) is 5.32 Å². The van der Waals surface area contributed by atoms with E-state index in [9.17, 15) is 9.59 Å². The van der Waals surface area contributed by atoms with Crippen molar-refractivity contribution >= 4 is 17.1 Å². The van der Waals surface area contributed by atoms with Crippen LogP contribution in [0, 0.1) is 6.92 Å². The molecule has 0 aromatic carbocycles. The van der Waals surface area contributed by atoms with E-state index in [-0.39, 0.29) is 23.9 Å². The van der Waals surface area contributed by atoms with Crippen LogP contribution in [0.2, 0.25) is 0 Å². The summed E-state index contributed by atoms with van der Waals surface area (Å²) in [5.74, 6) is 0.855. The summed E-state index contributed by atoms with van der Waals surface area (Å²) in [6.07, 6.45) is 3.88. The second-order valence-electron chi connectivity index (χ2n) is 7.30. The van der Waals surface area contributed by atoms with Crippen LogP contribution < -0.4 is 10.9 Å². The van der Waals surface area contributed by atoms with Crippen LogP contribution in [-0.2, 0) is 11.3 Å². The molecule has 8 nitrogen and oxygen atoms in total. The number of rotatable bonds is 5. The van der Waals surface area contributed by atoms with Gasteiger partial charge in [0.05, 0.1) is 17.1 Å². The maximum absolute atomic E-state index is 12.9. The fourth-order valence-corrected chi connectivity index (χ4v) is 3.06. The summed E-state index contributed by atoms with van der Waals surface area (Å²) in [7, 11) is 0. The van der Waals surface area contributed by atoms with E-state index in [0.717, 1.165) is 18.5 Å². The van der Waals surface area contributed by atoms with Gasteiger partial charge in [-0.25, -0.2) is 9.20 Å². The molecule has 1 aliphatic rings. The molecule has 0 bridgehead atoms. The Morgan fingerprint density at radius 3 is 2.78 bits per heavy atom. The summed E-state index contributed by atoms with van der Waals surface area (Å²) in [4.78, 5) is 29.5. The third kappa shape index (κ3) is 3.34. The van der Waals surface area contributed by atoms with Gasteiger partial charge in [0.2, 0.25) is 5.91 Å². The zero-order valence-electron chi connectivity index (χ0n) is 15.6. The predicted octanol–water partition coefficient (Wildman–Crippen LogP) is 2.23. The van der Waals surface area contributed by atoms with Crippen molar-refractivity contribution in [1.82, 2.24) is 24.4 Å². The molecule has 0 unspecified atom stereocenters. The summed E-state index contributed by atoms with van der Waals surface area (Å²) in [6.45, 7) is 5.64. The second kappa shape index (κ2) is 6.61. The molecule has 0 spiro atoms. The van der Waals surface area contributed by atoms with Crippen molar-refractivity contribution in [2.45, 2.75) is 52.0 Å². The van der Waals surface area contributed by atoms with Crippen LogP contribution in [0.1, 0.15) is 55.7 Å². The van der Waals surface area contributed by atoms with Gasteiger partial charge in [0.15, 0.2) is 5.82 Å². The number of carbonyl (C=O) groups is 1. The fraction of sp³-hybridized carbons (Fsp3) is 0.421. The highest BCUT2D eigenvalue weighted by Gasteiger charge is 2.28. The number of amides is 1. The molecule has 1 saturated carbocycles. The van der Waals surface area contributed by atoms with E-state index >= 15 is 0 Å². The molecule has 3 aromatic rings. The summed E-state index contributed by atoms with van der Waals surface area (Å²) in [5.41, 5.74) is 2.44. The first-order valence-corrected chi connectivity index (χ1v) is 9.16. The molecule has 0 atom stereocenters. The first-order chi connectivity index (χ1) is 12.9. The van der Waals surface area contributed by atoms with Crippen molar-refractivity contribution in [1.29, 1.82) is 0 Å². The SMILES string of the molecule is Cc1ncccc1NC(=O)Cn1nc(C(C)C)n2nc(C3CC3)cc2c1=O. The minimum Gasteiger partial charge on any atom is -0.323 e. The van der Waals surface area contributed by atoms with Gasteiger partial charge >= 0.3 is 0 Å². The number of fused-ring (bicyclic) bond motifs is 1. The van der Waals surface area contributed by atoms with Crippen LogP contribution in [-0.4, -0.2) is 30.3 Å². The smallest absolute Gasteiger partial charge is 0.293 e. The van der Waals surface area contributed by atoms with Gasteiger partial charge in [-0.2, -0.15) is 10.2 Å². The molecular formula is C19H22N6O2. The number of nitrogens with zero attached hydrogens (tertiary/aromatic N) is 5. The van der Waals surface area contributed by atoms with Gasteiger partial charge < -0.3 is 5.32 Å². The topological polar surface area (TPSA) is 94.2 Å². The molecular weight excluding hydrogens is 344 g/mol. The highest BCUT2D eigenvalue weighted by Crippen LogP contribution is 2.39. The van der Waals surface area contributed by atoms with Crippen LogP contribution in [0.3, 0.4) is 0 Å². The third-order valence-corrected chi connectivity index (χ3v) is 4.71. The monoisotopic (exact) mass is 366 g/mol. The van der Waals surface area contributed by atoms with E-state index < -0.39 is 0 Å². The van der Waals surface area contributed by atoms with Crippen molar-refractivity contribution in [3.8, 4) is 0 Å². The number of hydrogen-bond acceptors (Lipinski definition) is 5. The van der Waals surface area contributed by atoms with Crippen LogP contribution in [0.4, 0.5) is 5.69 Å². The third-order valence-electron chi connectivity index (χ3n) is 4.71. The minimum absolute atomic E-state index is 0.0648. The number of nitrogens with one attached hydrogen (secondary N) is 1. The van der Waals surface area contributed by atoms with Gasteiger partial charge in [-0.15, -0.1) is 0 Å². The zero-order chi connectivity index (χ0) is 19.1. The van der Waals surface area contributed by atoms with Gasteiger partial charge in [-0.3, -0.25) is 14.6 Å². The van der Waals surface area contributed by atoms with E-state index in [1.54, 1.807) is 22.8 Å². The lowest BCUT2D eigenvalue weighted by atomic mass is 10.2. The number of pyridine rings is 1. The predicted molar refractivity (Wildman–Crippen MR) is 101 cm³/mol. The molecule has 1 aliphatic carbocycles. The Kier molecular flexibility index (Phi) is 4.25. The molecule has 27 heavy (non-hydrogen) atoms. The quantitative estimate of drug-likeness (QED) is 0.747. The molecule has 140 valence electrons. The van der Waals surface area contributed by atoms with Crippen LogP contribution >= 0.6 is 0 Å². The number of anilines is 1. The van der Waals surface area contributed by atoms with Crippen LogP contribution in [0.5, 0.6) is 0 Å². The summed E-state index contributed by atoms with van der Waals surface area (Å²) >= 11 is 0. The standard InChI is InChI=1S/C19H22N6O2/c1-11(2)18-23-24(10-17(26)21-14-5-4-8-20-12(14)3)19(27)16-9-15(13-6-7-13)22-25(16)18/h4-5,8-9,11,13H,6-7,10H2,1-3H3,(H,21,26). The number of aromatic nitrogens is 5. The number of carbonyl (C=O) groups excluding carboxylic acids is 1. The Bertz CT molecular complexity index is 1080. The highest BCUT2D eigenvalue weighted by molar-refractivity contribution is 5.91. The summed E-state index contributed by atoms with van der Waals surface area (Å²) in [5, 5.41) is 11.8. The Labute approximate surface area is 156 Å². The van der Waals surface area contributed by atoms with Crippen molar-refractivity contribution in [2.24, 2.45) is 0 Å². The Hall–Kier alpha value is -3.03. The van der Waals surface area contributed by atoms with Gasteiger partial charge in [-0.1, -0.05) is 13.8 Å². The zero-order valence-corrected chi connectivity index (χ0v) is 15.6. The molecule has 3 heterocycles. The van der Waals surface area contributed by atoms with Crippen molar-refractivity contribution in [3.63, 3.8) is 0 Å². The average molecular weight is 366 g/mol. The van der Waals surface area contributed by atoms with Crippen LogP contribution in [0.25, 0.3) is 5.52 Å². The minimum atomic E-state index is -0.318. The lowest BCUT2D eigenvalue weighted by molar-refractivity contribution is -0.117. The first kappa shape index (κ1) is 17.4. The number of hydrogen-bond donors (Lipinski definition) is 1. The Balaban J connectivity index is 1.68. The van der Waals surface area contributed by atoms with Gasteiger partial charge in [0.25, 0.3) is 5.56 Å². The van der Waals surface area contributed by atoms with Crippen LogP contribution in [0.15, 0.2) is 29.2 Å². The molecule has 3 aromatic heterocycles. The fourth-order valence-electron chi connectivity index (χ4n) is 3.06. The van der Waals surface area contributed by atoms with Gasteiger partial charge in [0.1, 0.15) is 12.1 Å². The van der Waals surface area contributed by atoms with Crippen molar-refractivity contribution in [3.05, 3.63) is 52.0 Å². The lowest BCUT2D eigenvalue weighted by Crippen LogP contribution is -2.32. The Morgan fingerprint density at radius 2 is 2.11 bits per heavy atom. The van der Waals surface area contributed by atoms with E-state index in [1.807, 2.05) is 26.8 Å². The summed E-state index contributed by atoms with van der Waals surface area (Å²) in [6, 6.07) is 5.37. The molecule has 1 amide bonds. The molecule has 8 heteroatoms. The molecule has 0 aliphatic heterocycles. The molecule has 0 saturated heterocycles. The summed E-state index contributed by atoms with van der Waals surface area (Å²) < 4.78 is 2.87. The normalized spacial score (nSPS) is 14.1. The van der Waals surface area contributed by atoms with Crippen molar-refractivity contribution < 1.29 is 4.79 Å². The molecule has 1 fully saturated rings. The van der Waals surface area contributed by atoms with E-state index in [0.29, 0.717) is 28.6 Å². The molecule has 4 rings (SSSR count). The maximum Gasteiger partial charge on any atom is 0.293 e.